The standard InChI is InChI=1S/C29H29ClN4/c1-29(12-13-29)18-34-17-21-8-5-9-25(31)22(21)15-27(34)20-10-11-24(30)23(14-20)28-32-16-26(33-28)19-6-3-2-4-7-19/h2-11,14,16,27H,12-13,15,17-18,31H2,1H3,(H,32,33). The zero-order valence-corrected chi connectivity index (χ0v) is 20.1. The van der Waals surface area contributed by atoms with Crippen molar-refractivity contribution in [2.75, 3.05) is 12.3 Å². The second-order valence-electron chi connectivity index (χ2n) is 10.2. The Bertz CT molecular complexity index is 1340. The molecule has 34 heavy (non-hydrogen) atoms. The second kappa shape index (κ2) is 8.30. The van der Waals surface area contributed by atoms with E-state index >= 15 is 0 Å². The van der Waals surface area contributed by atoms with Gasteiger partial charge in [0.1, 0.15) is 5.82 Å². The number of hydrogen-bond donors (Lipinski definition) is 2. The summed E-state index contributed by atoms with van der Waals surface area (Å²) in [5, 5.41) is 0.703. The van der Waals surface area contributed by atoms with E-state index in [1.54, 1.807) is 0 Å². The Balaban J connectivity index is 1.37. The van der Waals surface area contributed by atoms with E-state index in [1.165, 1.54) is 29.5 Å². The molecule has 1 aliphatic carbocycles. The van der Waals surface area contributed by atoms with Crippen molar-refractivity contribution in [3.63, 3.8) is 0 Å². The van der Waals surface area contributed by atoms with Gasteiger partial charge in [0.15, 0.2) is 0 Å². The molecule has 1 fully saturated rings. The molecule has 6 rings (SSSR count). The van der Waals surface area contributed by atoms with Crippen molar-refractivity contribution in [3.05, 3.63) is 94.6 Å². The third-order valence-corrected chi connectivity index (χ3v) is 7.83. The molecule has 0 saturated heterocycles. The van der Waals surface area contributed by atoms with Crippen LogP contribution < -0.4 is 5.73 Å². The van der Waals surface area contributed by atoms with Crippen LogP contribution in [0.3, 0.4) is 0 Å². The molecule has 1 unspecified atom stereocenters. The quantitative estimate of drug-likeness (QED) is 0.314. The number of fused-ring (bicyclic) bond motifs is 1. The number of nitrogens with two attached hydrogens (primary N) is 1. The average molecular weight is 469 g/mol. The smallest absolute Gasteiger partial charge is 0.139 e. The molecule has 3 N–H and O–H groups in total. The van der Waals surface area contributed by atoms with Crippen molar-refractivity contribution in [1.82, 2.24) is 14.9 Å². The first-order valence-corrected chi connectivity index (χ1v) is 12.4. The molecule has 0 amide bonds. The highest BCUT2D eigenvalue weighted by Crippen LogP contribution is 2.48. The number of aromatic amines is 1. The van der Waals surface area contributed by atoms with Crippen LogP contribution in [0.25, 0.3) is 22.6 Å². The summed E-state index contributed by atoms with van der Waals surface area (Å²) in [4.78, 5) is 10.8. The number of halogens is 1. The van der Waals surface area contributed by atoms with Crippen LogP contribution in [0.4, 0.5) is 5.69 Å². The molecule has 2 heterocycles. The maximum atomic E-state index is 6.69. The van der Waals surface area contributed by atoms with E-state index in [0.29, 0.717) is 10.4 Å². The van der Waals surface area contributed by atoms with Crippen molar-refractivity contribution < 1.29 is 0 Å². The number of imidazole rings is 1. The number of nitrogens with one attached hydrogen (secondary N) is 1. The molecule has 4 nitrogen and oxygen atoms in total. The minimum absolute atomic E-state index is 0.259. The van der Waals surface area contributed by atoms with E-state index in [0.717, 1.165) is 47.8 Å². The van der Waals surface area contributed by atoms with Gasteiger partial charge in [-0.25, -0.2) is 4.98 Å². The number of nitrogen functional groups attached to an aromatic ring is 1. The zero-order chi connectivity index (χ0) is 23.3. The first-order chi connectivity index (χ1) is 16.5. The third-order valence-electron chi connectivity index (χ3n) is 7.50. The molecule has 5 heteroatoms. The first kappa shape index (κ1) is 21.5. The highest BCUT2D eigenvalue weighted by Gasteiger charge is 2.41. The molecule has 0 spiro atoms. The van der Waals surface area contributed by atoms with Crippen LogP contribution in [0.15, 0.2) is 72.9 Å². The molecule has 2 aliphatic rings. The van der Waals surface area contributed by atoms with E-state index in [9.17, 15) is 0 Å². The van der Waals surface area contributed by atoms with Crippen molar-refractivity contribution in [3.8, 4) is 22.6 Å². The summed E-state index contributed by atoms with van der Waals surface area (Å²) in [6, 6.07) is 23.2. The number of aromatic nitrogens is 2. The van der Waals surface area contributed by atoms with Gasteiger partial charge in [0.25, 0.3) is 0 Å². The molecule has 0 radical (unpaired) electrons. The van der Waals surface area contributed by atoms with Crippen LogP contribution in [-0.4, -0.2) is 21.4 Å². The molecular weight excluding hydrogens is 440 g/mol. The number of rotatable bonds is 5. The highest BCUT2D eigenvalue weighted by atomic mass is 35.5. The van der Waals surface area contributed by atoms with E-state index in [-0.39, 0.29) is 6.04 Å². The number of hydrogen-bond acceptors (Lipinski definition) is 3. The van der Waals surface area contributed by atoms with Crippen molar-refractivity contribution in [2.24, 2.45) is 5.41 Å². The van der Waals surface area contributed by atoms with Crippen LogP contribution in [0.1, 0.15) is 42.5 Å². The predicted octanol–water partition coefficient (Wildman–Crippen LogP) is 6.88. The molecule has 1 aliphatic heterocycles. The lowest BCUT2D eigenvalue weighted by atomic mass is 9.87. The predicted molar refractivity (Wildman–Crippen MR) is 140 cm³/mol. The monoisotopic (exact) mass is 468 g/mol. The Labute approximate surface area is 205 Å². The molecule has 1 atom stereocenters. The van der Waals surface area contributed by atoms with Gasteiger partial charge in [-0.3, -0.25) is 4.90 Å². The fourth-order valence-electron chi connectivity index (χ4n) is 5.21. The Kier molecular flexibility index (Phi) is 5.23. The van der Waals surface area contributed by atoms with Gasteiger partial charge >= 0.3 is 0 Å². The topological polar surface area (TPSA) is 57.9 Å². The molecule has 1 saturated carbocycles. The normalized spacial score (nSPS) is 19.1. The lowest BCUT2D eigenvalue weighted by Crippen LogP contribution is -2.38. The van der Waals surface area contributed by atoms with Gasteiger partial charge in [-0.05, 0) is 65.1 Å². The van der Waals surface area contributed by atoms with Gasteiger partial charge in [0.2, 0.25) is 0 Å². The molecule has 3 aromatic carbocycles. The number of H-pyrrole nitrogens is 1. The Hall–Kier alpha value is -3.08. The summed E-state index contributed by atoms with van der Waals surface area (Å²) in [6.07, 6.45) is 5.40. The fourth-order valence-corrected chi connectivity index (χ4v) is 5.42. The van der Waals surface area contributed by atoms with Gasteiger partial charge in [0.05, 0.1) is 16.9 Å². The summed E-state index contributed by atoms with van der Waals surface area (Å²) < 4.78 is 0. The minimum Gasteiger partial charge on any atom is -0.398 e. The van der Waals surface area contributed by atoms with Crippen LogP contribution in [0.5, 0.6) is 0 Å². The van der Waals surface area contributed by atoms with Crippen molar-refractivity contribution in [2.45, 2.75) is 38.8 Å². The van der Waals surface area contributed by atoms with Crippen LogP contribution in [-0.2, 0) is 13.0 Å². The largest absolute Gasteiger partial charge is 0.398 e. The number of anilines is 1. The minimum atomic E-state index is 0.259. The summed E-state index contributed by atoms with van der Waals surface area (Å²) in [5.41, 5.74) is 14.7. The van der Waals surface area contributed by atoms with Crippen molar-refractivity contribution >= 4 is 17.3 Å². The molecule has 4 aromatic rings. The van der Waals surface area contributed by atoms with Gasteiger partial charge in [0, 0.05) is 30.4 Å². The summed E-state index contributed by atoms with van der Waals surface area (Å²) >= 11 is 6.69. The zero-order valence-electron chi connectivity index (χ0n) is 19.4. The Morgan fingerprint density at radius 1 is 1.09 bits per heavy atom. The van der Waals surface area contributed by atoms with Crippen molar-refractivity contribution in [1.29, 1.82) is 0 Å². The maximum absolute atomic E-state index is 6.69. The number of benzene rings is 3. The molecular formula is C29H29ClN4. The molecule has 172 valence electrons. The fraction of sp³-hybridized carbons (Fsp3) is 0.276. The van der Waals surface area contributed by atoms with Crippen LogP contribution in [0.2, 0.25) is 5.02 Å². The van der Waals surface area contributed by atoms with Crippen LogP contribution in [0, 0.1) is 5.41 Å². The first-order valence-electron chi connectivity index (χ1n) is 12.0. The molecule has 1 aromatic heterocycles. The second-order valence-corrected chi connectivity index (χ2v) is 10.6. The van der Waals surface area contributed by atoms with E-state index in [1.807, 2.05) is 36.5 Å². The maximum Gasteiger partial charge on any atom is 0.139 e. The molecule has 0 bridgehead atoms. The van der Waals surface area contributed by atoms with Gasteiger partial charge in [-0.2, -0.15) is 0 Å². The van der Waals surface area contributed by atoms with E-state index in [4.69, 9.17) is 17.3 Å². The Morgan fingerprint density at radius 2 is 1.91 bits per heavy atom. The van der Waals surface area contributed by atoms with Gasteiger partial charge < -0.3 is 10.7 Å². The van der Waals surface area contributed by atoms with Gasteiger partial charge in [-0.1, -0.05) is 67.1 Å². The average Bonchev–Trinajstić information content (AvgIpc) is 3.37. The third kappa shape index (κ3) is 4.02. The summed E-state index contributed by atoms with van der Waals surface area (Å²) in [6.45, 7) is 4.43. The lowest BCUT2D eigenvalue weighted by Gasteiger charge is -2.39. The van der Waals surface area contributed by atoms with Gasteiger partial charge in [-0.15, -0.1) is 0 Å². The van der Waals surface area contributed by atoms with E-state index < -0.39 is 0 Å². The SMILES string of the molecule is CC1(CN2Cc3cccc(N)c3CC2c2ccc(Cl)c(-c3ncc(-c4ccccc4)[nH]3)c2)CC1. The van der Waals surface area contributed by atoms with E-state index in [2.05, 4.69) is 58.2 Å². The van der Waals surface area contributed by atoms with Crippen LogP contribution >= 0.6 is 11.6 Å². The summed E-state index contributed by atoms with van der Waals surface area (Å²) in [7, 11) is 0. The highest BCUT2D eigenvalue weighted by molar-refractivity contribution is 6.33. The number of nitrogens with zero attached hydrogens (tertiary/aromatic N) is 2. The lowest BCUT2D eigenvalue weighted by molar-refractivity contribution is 0.142. The Morgan fingerprint density at radius 3 is 2.71 bits per heavy atom. The summed E-state index contributed by atoms with van der Waals surface area (Å²) in [5.74, 6) is 0.794.